The lowest BCUT2D eigenvalue weighted by atomic mass is 10.1. The minimum atomic E-state index is -0.0374. The standard InChI is InChI=1S/C19H22ClN3O2S/c1-13(2)23-8-4-5-15(23)12-22(9-10-25-3)18(24)14-6-7-17-16(11-14)21-19(20)26-17/h4-8,11,13H,9-10,12H2,1-3H3. The zero-order valence-electron chi connectivity index (χ0n) is 15.1. The maximum absolute atomic E-state index is 13.1. The van der Waals surface area contributed by atoms with Crippen LogP contribution in [0.25, 0.3) is 10.2 Å². The summed E-state index contributed by atoms with van der Waals surface area (Å²) >= 11 is 7.39. The summed E-state index contributed by atoms with van der Waals surface area (Å²) < 4.78 is 8.83. The van der Waals surface area contributed by atoms with Crippen molar-refractivity contribution in [1.82, 2.24) is 14.5 Å². The van der Waals surface area contributed by atoms with Gasteiger partial charge in [-0.05, 0) is 44.2 Å². The normalized spacial score (nSPS) is 11.4. The van der Waals surface area contributed by atoms with Crippen LogP contribution in [-0.2, 0) is 11.3 Å². The van der Waals surface area contributed by atoms with E-state index in [0.717, 1.165) is 15.9 Å². The van der Waals surface area contributed by atoms with Crippen LogP contribution >= 0.6 is 22.9 Å². The molecule has 0 fully saturated rings. The molecule has 1 aromatic carbocycles. The number of amides is 1. The van der Waals surface area contributed by atoms with Crippen LogP contribution in [0.1, 0.15) is 35.9 Å². The molecule has 5 nitrogen and oxygen atoms in total. The van der Waals surface area contributed by atoms with E-state index in [2.05, 4.69) is 29.5 Å². The number of aromatic nitrogens is 2. The molecule has 138 valence electrons. The summed E-state index contributed by atoms with van der Waals surface area (Å²) in [5.74, 6) is -0.0374. The third-order valence-corrected chi connectivity index (χ3v) is 5.38. The highest BCUT2D eigenvalue weighted by Gasteiger charge is 2.19. The largest absolute Gasteiger partial charge is 0.383 e. The molecule has 0 saturated carbocycles. The summed E-state index contributed by atoms with van der Waals surface area (Å²) in [5.41, 5.74) is 2.46. The molecule has 0 aliphatic rings. The SMILES string of the molecule is COCCN(Cc1cccn1C(C)C)C(=O)c1ccc2sc(Cl)nc2c1. The first-order valence-electron chi connectivity index (χ1n) is 8.49. The van der Waals surface area contributed by atoms with Crippen molar-refractivity contribution in [2.45, 2.75) is 26.4 Å². The Labute approximate surface area is 162 Å². The molecule has 3 rings (SSSR count). The Kier molecular flexibility index (Phi) is 5.96. The molecule has 26 heavy (non-hydrogen) atoms. The number of carbonyl (C=O) groups is 1. The predicted molar refractivity (Wildman–Crippen MR) is 106 cm³/mol. The lowest BCUT2D eigenvalue weighted by Gasteiger charge is -2.24. The second kappa shape index (κ2) is 8.20. The molecule has 0 bridgehead atoms. The Bertz CT molecular complexity index is 903. The fourth-order valence-electron chi connectivity index (χ4n) is 2.93. The Morgan fingerprint density at radius 2 is 2.19 bits per heavy atom. The number of carbonyl (C=O) groups excluding carboxylic acids is 1. The van der Waals surface area contributed by atoms with E-state index >= 15 is 0 Å². The van der Waals surface area contributed by atoms with Gasteiger partial charge in [0.05, 0.1) is 23.4 Å². The molecule has 3 aromatic rings. The molecule has 0 atom stereocenters. The average molecular weight is 392 g/mol. The van der Waals surface area contributed by atoms with E-state index in [-0.39, 0.29) is 5.91 Å². The Balaban J connectivity index is 1.87. The van der Waals surface area contributed by atoms with Crippen molar-refractivity contribution >= 4 is 39.1 Å². The molecule has 0 radical (unpaired) electrons. The number of fused-ring (bicyclic) bond motifs is 1. The van der Waals surface area contributed by atoms with Gasteiger partial charge in [-0.2, -0.15) is 0 Å². The number of ether oxygens (including phenoxy) is 1. The lowest BCUT2D eigenvalue weighted by Crippen LogP contribution is -2.34. The topological polar surface area (TPSA) is 47.4 Å². The van der Waals surface area contributed by atoms with Gasteiger partial charge in [0.2, 0.25) is 0 Å². The van der Waals surface area contributed by atoms with Gasteiger partial charge in [0, 0.05) is 37.2 Å². The van der Waals surface area contributed by atoms with Crippen LogP contribution in [0, 0.1) is 0 Å². The van der Waals surface area contributed by atoms with E-state index in [4.69, 9.17) is 16.3 Å². The van der Waals surface area contributed by atoms with Crippen LogP contribution in [0.3, 0.4) is 0 Å². The van der Waals surface area contributed by atoms with Gasteiger partial charge in [-0.25, -0.2) is 4.98 Å². The zero-order valence-corrected chi connectivity index (χ0v) is 16.7. The number of nitrogens with zero attached hydrogens (tertiary/aromatic N) is 3. The maximum Gasteiger partial charge on any atom is 0.254 e. The zero-order chi connectivity index (χ0) is 18.7. The quantitative estimate of drug-likeness (QED) is 0.590. The highest BCUT2D eigenvalue weighted by Crippen LogP contribution is 2.27. The number of hydrogen-bond acceptors (Lipinski definition) is 4. The van der Waals surface area contributed by atoms with E-state index < -0.39 is 0 Å². The minimum Gasteiger partial charge on any atom is -0.383 e. The number of rotatable bonds is 7. The van der Waals surface area contributed by atoms with Crippen molar-refractivity contribution in [3.05, 3.63) is 52.3 Å². The van der Waals surface area contributed by atoms with Gasteiger partial charge in [-0.3, -0.25) is 4.79 Å². The molecule has 0 aliphatic carbocycles. The summed E-state index contributed by atoms with van der Waals surface area (Å²) in [6.45, 7) is 5.80. The molecular weight excluding hydrogens is 370 g/mol. The van der Waals surface area contributed by atoms with Gasteiger partial charge >= 0.3 is 0 Å². The molecule has 0 saturated heterocycles. The number of hydrogen-bond donors (Lipinski definition) is 0. The molecular formula is C19H22ClN3O2S. The van der Waals surface area contributed by atoms with Gasteiger partial charge in [-0.15, -0.1) is 11.3 Å². The molecule has 0 spiro atoms. The second-order valence-corrected chi connectivity index (χ2v) is 7.98. The molecule has 0 unspecified atom stereocenters. The number of benzene rings is 1. The first kappa shape index (κ1) is 18.9. The summed E-state index contributed by atoms with van der Waals surface area (Å²) in [5, 5.41) is 0. The van der Waals surface area contributed by atoms with E-state index in [1.54, 1.807) is 13.2 Å². The molecule has 0 aliphatic heterocycles. The van der Waals surface area contributed by atoms with Crippen molar-refractivity contribution in [2.24, 2.45) is 0 Å². The molecule has 2 aromatic heterocycles. The first-order valence-corrected chi connectivity index (χ1v) is 9.69. The third-order valence-electron chi connectivity index (χ3n) is 4.24. The maximum atomic E-state index is 13.1. The molecule has 1 amide bonds. The van der Waals surface area contributed by atoms with Crippen molar-refractivity contribution in [3.63, 3.8) is 0 Å². The van der Waals surface area contributed by atoms with Gasteiger partial charge in [0.1, 0.15) is 0 Å². The highest BCUT2D eigenvalue weighted by atomic mass is 35.5. The van der Waals surface area contributed by atoms with Crippen LogP contribution in [0.4, 0.5) is 0 Å². The fourth-order valence-corrected chi connectivity index (χ4v) is 3.94. The van der Waals surface area contributed by atoms with Crippen LogP contribution in [0.15, 0.2) is 36.5 Å². The predicted octanol–water partition coefficient (Wildman–Crippen LogP) is 4.62. The van der Waals surface area contributed by atoms with Gasteiger partial charge in [0.15, 0.2) is 4.47 Å². The van der Waals surface area contributed by atoms with Crippen molar-refractivity contribution in [3.8, 4) is 0 Å². The second-order valence-electron chi connectivity index (χ2n) is 6.37. The molecule has 0 N–H and O–H groups in total. The van der Waals surface area contributed by atoms with Crippen molar-refractivity contribution < 1.29 is 9.53 Å². The smallest absolute Gasteiger partial charge is 0.254 e. The van der Waals surface area contributed by atoms with E-state index in [1.165, 1.54) is 11.3 Å². The highest BCUT2D eigenvalue weighted by molar-refractivity contribution is 7.22. The van der Waals surface area contributed by atoms with E-state index in [9.17, 15) is 4.79 Å². The van der Waals surface area contributed by atoms with Crippen molar-refractivity contribution in [2.75, 3.05) is 20.3 Å². The third kappa shape index (κ3) is 4.09. The Hall–Kier alpha value is -1.89. The van der Waals surface area contributed by atoms with Gasteiger partial charge in [-0.1, -0.05) is 11.6 Å². The van der Waals surface area contributed by atoms with Crippen LogP contribution in [0.2, 0.25) is 4.47 Å². The number of halogens is 1. The summed E-state index contributed by atoms with van der Waals surface area (Å²) in [4.78, 5) is 19.2. The molecule has 2 heterocycles. The Morgan fingerprint density at radius 1 is 1.38 bits per heavy atom. The summed E-state index contributed by atoms with van der Waals surface area (Å²) in [7, 11) is 1.64. The minimum absolute atomic E-state index is 0.0374. The van der Waals surface area contributed by atoms with E-state index in [1.807, 2.05) is 29.3 Å². The van der Waals surface area contributed by atoms with Crippen LogP contribution < -0.4 is 0 Å². The monoisotopic (exact) mass is 391 g/mol. The average Bonchev–Trinajstić information content (AvgIpc) is 3.22. The van der Waals surface area contributed by atoms with Gasteiger partial charge < -0.3 is 14.2 Å². The summed E-state index contributed by atoms with van der Waals surface area (Å²) in [6.07, 6.45) is 2.04. The van der Waals surface area contributed by atoms with Crippen LogP contribution in [0.5, 0.6) is 0 Å². The number of thiazole rings is 1. The Morgan fingerprint density at radius 3 is 2.92 bits per heavy atom. The van der Waals surface area contributed by atoms with Gasteiger partial charge in [0.25, 0.3) is 5.91 Å². The fraction of sp³-hybridized carbons (Fsp3) is 0.368. The molecule has 7 heteroatoms. The van der Waals surface area contributed by atoms with Crippen molar-refractivity contribution in [1.29, 1.82) is 0 Å². The summed E-state index contributed by atoms with van der Waals surface area (Å²) in [6, 6.07) is 9.95. The van der Waals surface area contributed by atoms with Crippen LogP contribution in [-0.4, -0.2) is 40.6 Å². The van der Waals surface area contributed by atoms with E-state index in [0.29, 0.717) is 35.8 Å². The first-order chi connectivity index (χ1) is 12.5. The number of methoxy groups -OCH3 is 1. The lowest BCUT2D eigenvalue weighted by molar-refractivity contribution is 0.0675.